The first-order valence-electron chi connectivity index (χ1n) is 9.15. The van der Waals surface area contributed by atoms with Crippen LogP contribution in [-0.2, 0) is 30.7 Å². The van der Waals surface area contributed by atoms with Gasteiger partial charge in [0.25, 0.3) is 0 Å². The molecule has 2 aromatic carbocycles. The molecular formula is C21H24N4OS. The molecule has 0 fully saturated rings. The van der Waals surface area contributed by atoms with Crippen LogP contribution < -0.4 is 5.32 Å². The van der Waals surface area contributed by atoms with E-state index in [9.17, 15) is 4.79 Å². The van der Waals surface area contributed by atoms with Gasteiger partial charge in [-0.3, -0.25) is 4.79 Å². The summed E-state index contributed by atoms with van der Waals surface area (Å²) in [5.41, 5.74) is 2.38. The molecule has 5 nitrogen and oxygen atoms in total. The van der Waals surface area contributed by atoms with E-state index in [0.29, 0.717) is 12.3 Å². The van der Waals surface area contributed by atoms with Gasteiger partial charge in [-0.2, -0.15) is 0 Å². The number of hydrogen-bond donors (Lipinski definition) is 1. The summed E-state index contributed by atoms with van der Waals surface area (Å²) in [5.74, 6) is 1.30. The van der Waals surface area contributed by atoms with E-state index in [1.807, 2.05) is 36.4 Å². The third-order valence-electron chi connectivity index (χ3n) is 4.25. The maximum atomic E-state index is 12.1. The molecule has 1 amide bonds. The summed E-state index contributed by atoms with van der Waals surface area (Å²) in [6, 6.07) is 20.3. The highest BCUT2D eigenvalue weighted by molar-refractivity contribution is 7.99. The first-order valence-corrected chi connectivity index (χ1v) is 10.1. The standard InChI is InChI=1S/C21H24N4OS/c1-2-25-19(14-13-17-9-5-3-6-10-17)23-24-21(25)27-16-20(26)22-15-18-11-7-4-8-12-18/h3-12H,2,13-16H2,1H3,(H,22,26). The van der Waals surface area contributed by atoms with Crippen LogP contribution in [0.15, 0.2) is 65.8 Å². The molecule has 3 aromatic rings. The van der Waals surface area contributed by atoms with Crippen molar-refractivity contribution in [2.45, 2.75) is 38.0 Å². The molecule has 0 aliphatic rings. The second-order valence-electron chi connectivity index (χ2n) is 6.18. The molecule has 27 heavy (non-hydrogen) atoms. The van der Waals surface area contributed by atoms with Crippen molar-refractivity contribution in [2.75, 3.05) is 5.75 Å². The predicted octanol–water partition coefficient (Wildman–Crippen LogP) is 3.49. The molecular weight excluding hydrogens is 356 g/mol. The zero-order valence-corrected chi connectivity index (χ0v) is 16.3. The van der Waals surface area contributed by atoms with E-state index in [2.05, 4.69) is 51.3 Å². The van der Waals surface area contributed by atoms with Crippen LogP contribution >= 0.6 is 11.8 Å². The second-order valence-corrected chi connectivity index (χ2v) is 7.12. The van der Waals surface area contributed by atoms with Gasteiger partial charge >= 0.3 is 0 Å². The lowest BCUT2D eigenvalue weighted by Gasteiger charge is -2.08. The van der Waals surface area contributed by atoms with E-state index < -0.39 is 0 Å². The molecule has 1 N–H and O–H groups in total. The molecule has 0 unspecified atom stereocenters. The summed E-state index contributed by atoms with van der Waals surface area (Å²) in [6.07, 6.45) is 1.77. The lowest BCUT2D eigenvalue weighted by atomic mass is 10.1. The van der Waals surface area contributed by atoms with Crippen LogP contribution in [0.5, 0.6) is 0 Å². The van der Waals surface area contributed by atoms with Crippen molar-refractivity contribution in [1.29, 1.82) is 0 Å². The number of nitrogens with zero attached hydrogens (tertiary/aromatic N) is 3. The van der Waals surface area contributed by atoms with Gasteiger partial charge in [0.2, 0.25) is 5.91 Å². The molecule has 0 aliphatic heterocycles. The Labute approximate surface area is 164 Å². The van der Waals surface area contributed by atoms with Gasteiger partial charge in [-0.15, -0.1) is 10.2 Å². The maximum Gasteiger partial charge on any atom is 0.230 e. The van der Waals surface area contributed by atoms with Crippen LogP contribution in [-0.4, -0.2) is 26.4 Å². The Morgan fingerprint density at radius 2 is 1.63 bits per heavy atom. The number of carbonyl (C=O) groups excluding carboxylic acids is 1. The minimum absolute atomic E-state index is 0.000316. The van der Waals surface area contributed by atoms with Gasteiger partial charge in [0.1, 0.15) is 5.82 Å². The molecule has 0 bridgehead atoms. The Morgan fingerprint density at radius 3 is 2.30 bits per heavy atom. The number of nitrogens with one attached hydrogen (secondary N) is 1. The maximum absolute atomic E-state index is 12.1. The Hall–Kier alpha value is -2.60. The lowest BCUT2D eigenvalue weighted by molar-refractivity contribution is -0.118. The number of hydrogen-bond acceptors (Lipinski definition) is 4. The molecule has 0 saturated heterocycles. The average Bonchev–Trinajstić information content (AvgIpc) is 3.12. The highest BCUT2D eigenvalue weighted by Gasteiger charge is 2.13. The topological polar surface area (TPSA) is 59.8 Å². The minimum atomic E-state index is 0.000316. The predicted molar refractivity (Wildman–Crippen MR) is 109 cm³/mol. The number of aryl methyl sites for hydroxylation is 2. The average molecular weight is 381 g/mol. The van der Waals surface area contributed by atoms with E-state index in [1.165, 1.54) is 17.3 Å². The van der Waals surface area contributed by atoms with Gasteiger partial charge in [0.05, 0.1) is 5.75 Å². The summed E-state index contributed by atoms with van der Waals surface area (Å²) in [5, 5.41) is 12.4. The lowest BCUT2D eigenvalue weighted by Crippen LogP contribution is -2.24. The number of rotatable bonds is 9. The number of benzene rings is 2. The van der Waals surface area contributed by atoms with Crippen LogP contribution in [0.4, 0.5) is 0 Å². The van der Waals surface area contributed by atoms with Crippen molar-refractivity contribution in [2.24, 2.45) is 0 Å². The Balaban J connectivity index is 1.51. The molecule has 1 heterocycles. The van der Waals surface area contributed by atoms with Gasteiger partial charge in [0, 0.05) is 19.5 Å². The molecule has 6 heteroatoms. The van der Waals surface area contributed by atoms with Crippen molar-refractivity contribution in [3.05, 3.63) is 77.6 Å². The fourth-order valence-corrected chi connectivity index (χ4v) is 3.66. The number of carbonyl (C=O) groups is 1. The van der Waals surface area contributed by atoms with Gasteiger partial charge in [-0.25, -0.2) is 0 Å². The Kier molecular flexibility index (Phi) is 7.04. The van der Waals surface area contributed by atoms with E-state index >= 15 is 0 Å². The third-order valence-corrected chi connectivity index (χ3v) is 5.22. The SMILES string of the molecule is CCn1c(CCc2ccccc2)nnc1SCC(=O)NCc1ccccc1. The van der Waals surface area contributed by atoms with E-state index in [1.54, 1.807) is 0 Å². The van der Waals surface area contributed by atoms with Gasteiger partial charge in [-0.1, -0.05) is 72.4 Å². The molecule has 0 saturated carbocycles. The van der Waals surface area contributed by atoms with Crippen molar-refractivity contribution in [3.8, 4) is 0 Å². The van der Waals surface area contributed by atoms with Crippen molar-refractivity contribution in [1.82, 2.24) is 20.1 Å². The van der Waals surface area contributed by atoms with Crippen LogP contribution in [0.25, 0.3) is 0 Å². The molecule has 0 spiro atoms. The molecule has 0 radical (unpaired) electrons. The van der Waals surface area contributed by atoms with E-state index in [-0.39, 0.29) is 5.91 Å². The largest absolute Gasteiger partial charge is 0.351 e. The van der Waals surface area contributed by atoms with Gasteiger partial charge in [0.15, 0.2) is 5.16 Å². The normalized spacial score (nSPS) is 10.7. The third kappa shape index (κ3) is 5.69. The summed E-state index contributed by atoms with van der Waals surface area (Å²) >= 11 is 1.43. The first-order chi connectivity index (χ1) is 13.3. The quantitative estimate of drug-likeness (QED) is 0.577. The van der Waals surface area contributed by atoms with Crippen LogP contribution in [0.2, 0.25) is 0 Å². The van der Waals surface area contributed by atoms with Crippen LogP contribution in [0.1, 0.15) is 23.9 Å². The molecule has 140 valence electrons. The van der Waals surface area contributed by atoms with Crippen LogP contribution in [0, 0.1) is 0 Å². The monoisotopic (exact) mass is 380 g/mol. The molecule has 3 rings (SSSR count). The smallest absolute Gasteiger partial charge is 0.230 e. The first kappa shape index (κ1) is 19.2. The number of amides is 1. The zero-order valence-electron chi connectivity index (χ0n) is 15.5. The van der Waals surface area contributed by atoms with E-state index in [4.69, 9.17) is 0 Å². The summed E-state index contributed by atoms with van der Waals surface area (Å²) in [4.78, 5) is 12.1. The summed E-state index contributed by atoms with van der Waals surface area (Å²) in [7, 11) is 0. The zero-order chi connectivity index (χ0) is 18.9. The highest BCUT2D eigenvalue weighted by atomic mass is 32.2. The van der Waals surface area contributed by atoms with E-state index in [0.717, 1.165) is 35.9 Å². The fraction of sp³-hybridized carbons (Fsp3) is 0.286. The van der Waals surface area contributed by atoms with Crippen LogP contribution in [0.3, 0.4) is 0 Å². The number of thioether (sulfide) groups is 1. The van der Waals surface area contributed by atoms with Crippen molar-refractivity contribution < 1.29 is 4.79 Å². The molecule has 1 aromatic heterocycles. The highest BCUT2D eigenvalue weighted by Crippen LogP contribution is 2.18. The summed E-state index contributed by atoms with van der Waals surface area (Å²) in [6.45, 7) is 3.42. The molecule has 0 aliphatic carbocycles. The minimum Gasteiger partial charge on any atom is -0.351 e. The number of aromatic nitrogens is 3. The Bertz CT molecular complexity index is 849. The Morgan fingerprint density at radius 1 is 0.963 bits per heavy atom. The second kappa shape index (κ2) is 9.92. The van der Waals surface area contributed by atoms with Crippen molar-refractivity contribution in [3.63, 3.8) is 0 Å². The molecule has 0 atom stereocenters. The fourth-order valence-electron chi connectivity index (χ4n) is 2.81. The van der Waals surface area contributed by atoms with Crippen molar-refractivity contribution >= 4 is 17.7 Å². The summed E-state index contributed by atoms with van der Waals surface area (Å²) < 4.78 is 2.10. The van der Waals surface area contributed by atoms with Gasteiger partial charge < -0.3 is 9.88 Å². The van der Waals surface area contributed by atoms with Gasteiger partial charge in [-0.05, 0) is 24.5 Å².